The molecule has 1 N–H and O–H groups in total. The molecule has 0 aliphatic rings. The standard InChI is InChI=1S/C16H21BrN2S/c1-4-9-18-15(16-11(2)19-12(3)20-16)10-13-7-5-6-8-14(13)17/h5-8,15,18H,4,9-10H2,1-3H3. The van der Waals surface area contributed by atoms with E-state index in [9.17, 15) is 0 Å². The zero-order valence-corrected chi connectivity index (χ0v) is 14.6. The fourth-order valence-electron chi connectivity index (χ4n) is 2.33. The molecule has 0 aliphatic carbocycles. The van der Waals surface area contributed by atoms with E-state index in [4.69, 9.17) is 0 Å². The maximum Gasteiger partial charge on any atom is 0.0900 e. The summed E-state index contributed by atoms with van der Waals surface area (Å²) in [5, 5.41) is 4.81. The smallest absolute Gasteiger partial charge is 0.0900 e. The van der Waals surface area contributed by atoms with Crippen LogP contribution in [0.25, 0.3) is 0 Å². The van der Waals surface area contributed by atoms with Crippen LogP contribution in [0.15, 0.2) is 28.7 Å². The molecule has 0 saturated carbocycles. The quantitative estimate of drug-likeness (QED) is 0.806. The molecule has 1 atom stereocenters. The summed E-state index contributed by atoms with van der Waals surface area (Å²) in [5.74, 6) is 0. The fourth-order valence-corrected chi connectivity index (χ4v) is 3.78. The monoisotopic (exact) mass is 352 g/mol. The number of nitrogens with zero attached hydrogens (tertiary/aromatic N) is 1. The average Bonchev–Trinajstić information content (AvgIpc) is 2.75. The number of benzene rings is 1. The second-order valence-electron chi connectivity index (χ2n) is 4.98. The molecule has 20 heavy (non-hydrogen) atoms. The molecule has 0 spiro atoms. The van der Waals surface area contributed by atoms with Gasteiger partial charge in [0.2, 0.25) is 0 Å². The van der Waals surface area contributed by atoms with Crippen molar-refractivity contribution in [3.63, 3.8) is 0 Å². The van der Waals surface area contributed by atoms with Gasteiger partial charge in [-0.25, -0.2) is 4.98 Å². The summed E-state index contributed by atoms with van der Waals surface area (Å²) in [6.07, 6.45) is 2.13. The van der Waals surface area contributed by atoms with Crippen LogP contribution in [-0.4, -0.2) is 11.5 Å². The summed E-state index contributed by atoms with van der Waals surface area (Å²) < 4.78 is 1.18. The SMILES string of the molecule is CCCNC(Cc1ccccc1Br)c1sc(C)nc1C. The van der Waals surface area contributed by atoms with Gasteiger partial charge in [0.25, 0.3) is 0 Å². The molecule has 1 aromatic heterocycles. The molecule has 0 fully saturated rings. The van der Waals surface area contributed by atoms with Crippen molar-refractivity contribution >= 4 is 27.3 Å². The second kappa shape index (κ2) is 7.34. The van der Waals surface area contributed by atoms with E-state index in [1.54, 1.807) is 0 Å². The van der Waals surface area contributed by atoms with Crippen LogP contribution in [0.1, 0.15) is 40.5 Å². The molecule has 1 unspecified atom stereocenters. The third kappa shape index (κ3) is 3.90. The highest BCUT2D eigenvalue weighted by molar-refractivity contribution is 9.10. The summed E-state index contributed by atoms with van der Waals surface area (Å²) in [6.45, 7) is 7.43. The molecular formula is C16H21BrN2S. The highest BCUT2D eigenvalue weighted by atomic mass is 79.9. The van der Waals surface area contributed by atoms with Crippen molar-refractivity contribution in [2.75, 3.05) is 6.54 Å². The molecule has 108 valence electrons. The highest BCUT2D eigenvalue weighted by Gasteiger charge is 2.18. The number of aromatic nitrogens is 1. The van der Waals surface area contributed by atoms with Gasteiger partial charge >= 0.3 is 0 Å². The molecule has 0 radical (unpaired) electrons. The lowest BCUT2D eigenvalue weighted by molar-refractivity contribution is 0.533. The van der Waals surface area contributed by atoms with Crippen LogP contribution in [0, 0.1) is 13.8 Å². The summed E-state index contributed by atoms with van der Waals surface area (Å²) in [6, 6.07) is 8.80. The van der Waals surface area contributed by atoms with Gasteiger partial charge in [-0.1, -0.05) is 41.1 Å². The molecule has 0 amide bonds. The van der Waals surface area contributed by atoms with Crippen molar-refractivity contribution in [3.05, 3.63) is 49.9 Å². The van der Waals surface area contributed by atoms with E-state index in [-0.39, 0.29) is 0 Å². The van der Waals surface area contributed by atoms with Crippen LogP contribution >= 0.6 is 27.3 Å². The molecule has 0 bridgehead atoms. The van der Waals surface area contributed by atoms with Gasteiger partial charge in [-0.2, -0.15) is 0 Å². The van der Waals surface area contributed by atoms with Gasteiger partial charge in [-0.3, -0.25) is 0 Å². The number of thiazole rings is 1. The number of aryl methyl sites for hydroxylation is 2. The Balaban J connectivity index is 2.24. The Labute approximate surface area is 133 Å². The van der Waals surface area contributed by atoms with Crippen LogP contribution in [0.5, 0.6) is 0 Å². The topological polar surface area (TPSA) is 24.9 Å². The Hall–Kier alpha value is -0.710. The Bertz CT molecular complexity index is 565. The largest absolute Gasteiger partial charge is 0.309 e. The number of nitrogens with one attached hydrogen (secondary N) is 1. The van der Waals surface area contributed by atoms with Crippen molar-refractivity contribution in [1.29, 1.82) is 0 Å². The number of halogens is 1. The lowest BCUT2D eigenvalue weighted by Crippen LogP contribution is -2.24. The minimum atomic E-state index is 0.347. The minimum Gasteiger partial charge on any atom is -0.309 e. The predicted octanol–water partition coefficient (Wildman–Crippen LogP) is 4.81. The Morgan fingerprint density at radius 3 is 2.65 bits per heavy atom. The van der Waals surface area contributed by atoms with E-state index in [0.717, 1.165) is 30.1 Å². The maximum absolute atomic E-state index is 4.57. The van der Waals surface area contributed by atoms with E-state index in [2.05, 4.69) is 71.3 Å². The molecule has 0 aliphatic heterocycles. The zero-order chi connectivity index (χ0) is 14.5. The van der Waals surface area contributed by atoms with Crippen molar-refractivity contribution < 1.29 is 0 Å². The normalized spacial score (nSPS) is 12.6. The molecule has 2 nitrogen and oxygen atoms in total. The van der Waals surface area contributed by atoms with Crippen molar-refractivity contribution in [3.8, 4) is 0 Å². The second-order valence-corrected chi connectivity index (χ2v) is 7.07. The molecule has 1 heterocycles. The number of hydrogen-bond acceptors (Lipinski definition) is 3. The zero-order valence-electron chi connectivity index (χ0n) is 12.2. The van der Waals surface area contributed by atoms with Gasteiger partial charge in [0.15, 0.2) is 0 Å². The fraction of sp³-hybridized carbons (Fsp3) is 0.438. The van der Waals surface area contributed by atoms with E-state index >= 15 is 0 Å². The first-order valence-corrected chi connectivity index (χ1v) is 8.63. The van der Waals surface area contributed by atoms with Gasteiger partial charge < -0.3 is 5.32 Å². The predicted molar refractivity (Wildman–Crippen MR) is 90.5 cm³/mol. The van der Waals surface area contributed by atoms with Crippen LogP contribution < -0.4 is 5.32 Å². The van der Waals surface area contributed by atoms with E-state index < -0.39 is 0 Å². The lowest BCUT2D eigenvalue weighted by atomic mass is 10.0. The van der Waals surface area contributed by atoms with Gasteiger partial charge in [0.1, 0.15) is 0 Å². The van der Waals surface area contributed by atoms with Gasteiger partial charge in [-0.15, -0.1) is 11.3 Å². The van der Waals surface area contributed by atoms with E-state index in [0.29, 0.717) is 6.04 Å². The van der Waals surface area contributed by atoms with E-state index in [1.807, 2.05) is 11.3 Å². The first-order chi connectivity index (χ1) is 9.61. The molecule has 2 rings (SSSR count). The summed E-state index contributed by atoms with van der Waals surface area (Å²) >= 11 is 5.46. The molecular weight excluding hydrogens is 332 g/mol. The maximum atomic E-state index is 4.57. The van der Waals surface area contributed by atoms with E-state index in [1.165, 1.54) is 14.9 Å². The summed E-state index contributed by atoms with van der Waals surface area (Å²) in [4.78, 5) is 5.94. The third-order valence-corrected chi connectivity index (χ3v) is 5.24. The van der Waals surface area contributed by atoms with Gasteiger partial charge in [-0.05, 0) is 44.9 Å². The first-order valence-electron chi connectivity index (χ1n) is 7.02. The minimum absolute atomic E-state index is 0.347. The van der Waals surface area contributed by atoms with Crippen LogP contribution in [0.4, 0.5) is 0 Å². The highest BCUT2D eigenvalue weighted by Crippen LogP contribution is 2.29. The van der Waals surface area contributed by atoms with Crippen LogP contribution in [-0.2, 0) is 6.42 Å². The van der Waals surface area contributed by atoms with Crippen LogP contribution in [0.2, 0.25) is 0 Å². The van der Waals surface area contributed by atoms with Gasteiger partial charge in [0.05, 0.1) is 10.7 Å². The molecule has 1 aromatic carbocycles. The van der Waals surface area contributed by atoms with Crippen molar-refractivity contribution in [2.24, 2.45) is 0 Å². The van der Waals surface area contributed by atoms with Crippen molar-refractivity contribution in [1.82, 2.24) is 10.3 Å². The molecule has 4 heteroatoms. The Morgan fingerprint density at radius 2 is 2.05 bits per heavy atom. The number of rotatable bonds is 6. The average molecular weight is 353 g/mol. The van der Waals surface area contributed by atoms with Crippen molar-refractivity contribution in [2.45, 2.75) is 39.7 Å². The third-order valence-electron chi connectivity index (χ3n) is 3.28. The van der Waals surface area contributed by atoms with Crippen LogP contribution in [0.3, 0.4) is 0 Å². The molecule has 2 aromatic rings. The number of hydrogen-bond donors (Lipinski definition) is 1. The Kier molecular flexibility index (Phi) is 5.75. The summed E-state index contributed by atoms with van der Waals surface area (Å²) in [5.41, 5.74) is 2.50. The summed E-state index contributed by atoms with van der Waals surface area (Å²) in [7, 11) is 0. The van der Waals surface area contributed by atoms with Gasteiger partial charge in [0, 0.05) is 15.4 Å². The molecule has 0 saturated heterocycles. The lowest BCUT2D eigenvalue weighted by Gasteiger charge is -2.18. The first kappa shape index (κ1) is 15.7. The Morgan fingerprint density at radius 1 is 1.30 bits per heavy atom.